The van der Waals surface area contributed by atoms with Crippen molar-refractivity contribution in [1.82, 2.24) is 0 Å². The zero-order chi connectivity index (χ0) is 13.8. The quantitative estimate of drug-likeness (QED) is 0.484. The highest BCUT2D eigenvalue weighted by Gasteiger charge is 2.10. The standard InChI is InChI=1S/C15H12O3S/c1-3-18-15(17)12-8-7-11-5-4-6-14(13(11)9-12)19-10(2)16/h3-9H,1H2,2H3. The van der Waals surface area contributed by atoms with E-state index in [0.717, 1.165) is 33.7 Å². The minimum Gasteiger partial charge on any atom is -0.432 e. The van der Waals surface area contributed by atoms with Gasteiger partial charge < -0.3 is 4.74 Å². The molecule has 3 nitrogen and oxygen atoms in total. The van der Waals surface area contributed by atoms with Crippen LogP contribution >= 0.6 is 11.8 Å². The average molecular weight is 272 g/mol. The van der Waals surface area contributed by atoms with Crippen LogP contribution in [0.5, 0.6) is 0 Å². The largest absolute Gasteiger partial charge is 0.432 e. The number of fused-ring (bicyclic) bond motifs is 1. The normalized spacial score (nSPS) is 10.2. The van der Waals surface area contributed by atoms with Gasteiger partial charge in [0.1, 0.15) is 0 Å². The molecule has 0 radical (unpaired) electrons. The number of ether oxygens (including phenoxy) is 1. The zero-order valence-corrected chi connectivity index (χ0v) is 11.2. The number of hydrogen-bond donors (Lipinski definition) is 0. The smallest absolute Gasteiger partial charge is 0.342 e. The van der Waals surface area contributed by atoms with Crippen molar-refractivity contribution in [2.45, 2.75) is 11.8 Å². The lowest BCUT2D eigenvalue weighted by Gasteiger charge is -2.06. The van der Waals surface area contributed by atoms with Crippen LogP contribution in [0.1, 0.15) is 17.3 Å². The number of thioether (sulfide) groups is 1. The maximum absolute atomic E-state index is 11.7. The first-order valence-corrected chi connectivity index (χ1v) is 6.46. The summed E-state index contributed by atoms with van der Waals surface area (Å²) in [5.41, 5.74) is 0.434. The fraction of sp³-hybridized carbons (Fsp3) is 0.0667. The Bertz CT molecular complexity index is 661. The molecule has 4 heteroatoms. The summed E-state index contributed by atoms with van der Waals surface area (Å²) >= 11 is 1.15. The number of carbonyl (C=O) groups excluding carboxylic acids is 2. The molecule has 0 fully saturated rings. The third kappa shape index (κ3) is 3.03. The second kappa shape index (κ2) is 5.71. The van der Waals surface area contributed by atoms with Crippen LogP contribution in [-0.4, -0.2) is 11.1 Å². The average Bonchev–Trinajstić information content (AvgIpc) is 2.38. The minimum atomic E-state index is -0.459. The molecule has 0 saturated carbocycles. The molecule has 2 aromatic rings. The number of benzene rings is 2. The Morgan fingerprint density at radius 1 is 1.26 bits per heavy atom. The van der Waals surface area contributed by atoms with Gasteiger partial charge in [0.25, 0.3) is 0 Å². The first kappa shape index (κ1) is 13.4. The second-order valence-corrected chi connectivity index (χ2v) is 5.08. The van der Waals surface area contributed by atoms with Crippen molar-refractivity contribution in [1.29, 1.82) is 0 Å². The van der Waals surface area contributed by atoms with E-state index < -0.39 is 5.97 Å². The molecule has 96 valence electrons. The number of esters is 1. The summed E-state index contributed by atoms with van der Waals surface area (Å²) in [7, 11) is 0. The predicted molar refractivity (Wildman–Crippen MR) is 76.1 cm³/mol. The van der Waals surface area contributed by atoms with Gasteiger partial charge in [0.2, 0.25) is 0 Å². The van der Waals surface area contributed by atoms with Crippen LogP contribution in [0.25, 0.3) is 10.8 Å². The molecule has 0 unspecified atom stereocenters. The molecule has 19 heavy (non-hydrogen) atoms. The van der Waals surface area contributed by atoms with Crippen molar-refractivity contribution in [2.75, 3.05) is 0 Å². The van der Waals surface area contributed by atoms with E-state index in [1.807, 2.05) is 24.3 Å². The van der Waals surface area contributed by atoms with Crippen molar-refractivity contribution < 1.29 is 14.3 Å². The van der Waals surface area contributed by atoms with Gasteiger partial charge in [-0.3, -0.25) is 4.79 Å². The molecular formula is C15H12O3S. The molecule has 0 aromatic heterocycles. The van der Waals surface area contributed by atoms with Gasteiger partial charge in [-0.2, -0.15) is 0 Å². The van der Waals surface area contributed by atoms with Gasteiger partial charge in [0, 0.05) is 11.8 Å². The van der Waals surface area contributed by atoms with Gasteiger partial charge in [0.05, 0.1) is 11.8 Å². The Labute approximate surface area is 115 Å². The summed E-state index contributed by atoms with van der Waals surface area (Å²) in [6.07, 6.45) is 1.10. The third-order valence-corrected chi connectivity index (χ3v) is 3.39. The summed E-state index contributed by atoms with van der Waals surface area (Å²) in [4.78, 5) is 23.7. The molecule has 0 N–H and O–H groups in total. The van der Waals surface area contributed by atoms with Crippen LogP contribution < -0.4 is 0 Å². The topological polar surface area (TPSA) is 43.4 Å². The van der Waals surface area contributed by atoms with Crippen molar-refractivity contribution in [2.24, 2.45) is 0 Å². The van der Waals surface area contributed by atoms with Crippen molar-refractivity contribution in [3.63, 3.8) is 0 Å². The summed E-state index contributed by atoms with van der Waals surface area (Å²) in [5, 5.41) is 1.84. The molecule has 0 atom stereocenters. The second-order valence-electron chi connectivity index (χ2n) is 3.86. The van der Waals surface area contributed by atoms with Gasteiger partial charge in [-0.1, -0.05) is 36.5 Å². The van der Waals surface area contributed by atoms with Crippen molar-refractivity contribution in [3.8, 4) is 0 Å². The number of carbonyl (C=O) groups is 2. The van der Waals surface area contributed by atoms with E-state index >= 15 is 0 Å². The predicted octanol–water partition coefficient (Wildman–Crippen LogP) is 3.78. The Balaban J connectivity index is 2.52. The van der Waals surface area contributed by atoms with Gasteiger partial charge in [0.15, 0.2) is 5.12 Å². The molecule has 0 amide bonds. The van der Waals surface area contributed by atoms with Gasteiger partial charge in [-0.05, 0) is 29.0 Å². The highest BCUT2D eigenvalue weighted by atomic mass is 32.2. The molecule has 0 aliphatic carbocycles. The van der Waals surface area contributed by atoms with E-state index in [2.05, 4.69) is 6.58 Å². The molecule has 0 saturated heterocycles. The molecule has 2 aromatic carbocycles. The lowest BCUT2D eigenvalue weighted by atomic mass is 10.1. The third-order valence-electron chi connectivity index (χ3n) is 2.52. The summed E-state index contributed by atoms with van der Waals surface area (Å²) in [6.45, 7) is 4.87. The van der Waals surface area contributed by atoms with E-state index in [4.69, 9.17) is 4.74 Å². The van der Waals surface area contributed by atoms with Crippen LogP contribution in [-0.2, 0) is 9.53 Å². The minimum absolute atomic E-state index is 0.00608. The SMILES string of the molecule is C=COC(=O)c1ccc2cccc(SC(C)=O)c2c1. The van der Waals surface area contributed by atoms with E-state index in [0.29, 0.717) is 5.56 Å². The number of rotatable bonds is 3. The van der Waals surface area contributed by atoms with Crippen LogP contribution in [0.4, 0.5) is 0 Å². The maximum atomic E-state index is 11.7. The van der Waals surface area contributed by atoms with Crippen molar-refractivity contribution >= 4 is 33.6 Å². The zero-order valence-electron chi connectivity index (χ0n) is 10.4. The lowest BCUT2D eigenvalue weighted by Crippen LogP contribution is -2.00. The summed E-state index contributed by atoms with van der Waals surface area (Å²) < 4.78 is 4.75. The fourth-order valence-electron chi connectivity index (χ4n) is 1.76. The Morgan fingerprint density at radius 3 is 2.74 bits per heavy atom. The molecule has 0 spiro atoms. The van der Waals surface area contributed by atoms with Crippen LogP contribution in [0.2, 0.25) is 0 Å². The highest BCUT2D eigenvalue weighted by Crippen LogP contribution is 2.29. The van der Waals surface area contributed by atoms with E-state index in [9.17, 15) is 9.59 Å². The van der Waals surface area contributed by atoms with Crippen molar-refractivity contribution in [3.05, 3.63) is 54.8 Å². The maximum Gasteiger partial charge on any atom is 0.342 e. The Morgan fingerprint density at radius 2 is 2.05 bits per heavy atom. The fourth-order valence-corrected chi connectivity index (χ4v) is 2.50. The molecule has 0 bridgehead atoms. The van der Waals surface area contributed by atoms with Crippen LogP contribution in [0.3, 0.4) is 0 Å². The van der Waals surface area contributed by atoms with Crippen LogP contribution in [0.15, 0.2) is 54.1 Å². The number of hydrogen-bond acceptors (Lipinski definition) is 4. The highest BCUT2D eigenvalue weighted by molar-refractivity contribution is 8.13. The van der Waals surface area contributed by atoms with Gasteiger partial charge in [-0.25, -0.2) is 4.79 Å². The first-order chi connectivity index (χ1) is 9.11. The molecular weight excluding hydrogens is 260 g/mol. The van der Waals surface area contributed by atoms with E-state index in [1.165, 1.54) is 6.92 Å². The molecule has 0 aliphatic rings. The van der Waals surface area contributed by atoms with E-state index in [1.54, 1.807) is 12.1 Å². The van der Waals surface area contributed by atoms with Gasteiger partial charge in [-0.15, -0.1) is 0 Å². The Kier molecular flexibility index (Phi) is 4.02. The monoisotopic (exact) mass is 272 g/mol. The Hall–Kier alpha value is -2.07. The summed E-state index contributed by atoms with van der Waals surface area (Å²) in [5.74, 6) is -0.459. The molecule has 0 aliphatic heterocycles. The first-order valence-electron chi connectivity index (χ1n) is 5.65. The summed E-state index contributed by atoms with van der Waals surface area (Å²) in [6, 6.07) is 10.9. The van der Waals surface area contributed by atoms with Gasteiger partial charge >= 0.3 is 5.97 Å². The molecule has 0 heterocycles. The lowest BCUT2D eigenvalue weighted by molar-refractivity contribution is -0.109. The molecule has 2 rings (SSSR count). The van der Waals surface area contributed by atoms with Crippen LogP contribution in [0, 0.1) is 0 Å². The van der Waals surface area contributed by atoms with E-state index in [-0.39, 0.29) is 5.12 Å².